The topological polar surface area (TPSA) is 104 Å². The van der Waals surface area contributed by atoms with E-state index in [9.17, 15) is 9.90 Å². The number of methoxy groups -OCH3 is 2. The number of aliphatic imine (C=N–C) groups is 1. The number of nitrogens with one attached hydrogen (secondary N) is 3. The fourth-order valence-corrected chi connectivity index (χ4v) is 2.61. The van der Waals surface area contributed by atoms with E-state index in [-0.39, 0.29) is 41.2 Å². The van der Waals surface area contributed by atoms with Crippen molar-refractivity contribution in [2.75, 3.05) is 33.9 Å². The van der Waals surface area contributed by atoms with Crippen LogP contribution in [0.15, 0.2) is 47.5 Å². The number of halogens is 1. The predicted molar refractivity (Wildman–Crippen MR) is 128 cm³/mol. The molecule has 2 aromatic rings. The quantitative estimate of drug-likeness (QED) is 0.173. The molecule has 4 N–H and O–H groups in total. The zero-order valence-corrected chi connectivity index (χ0v) is 19.7. The highest BCUT2D eigenvalue weighted by Gasteiger charge is 2.09. The Bertz CT molecular complexity index is 846. The average molecular weight is 528 g/mol. The second-order valence-electron chi connectivity index (χ2n) is 6.07. The van der Waals surface area contributed by atoms with Crippen molar-refractivity contribution >= 4 is 35.8 Å². The number of hydrogen-bond acceptors (Lipinski definition) is 5. The molecule has 0 aliphatic heterocycles. The Kier molecular flexibility index (Phi) is 11.4. The van der Waals surface area contributed by atoms with Crippen molar-refractivity contribution in [3.8, 4) is 17.2 Å². The maximum atomic E-state index is 12.1. The highest BCUT2D eigenvalue weighted by Crippen LogP contribution is 2.25. The maximum absolute atomic E-state index is 12.1. The second-order valence-corrected chi connectivity index (χ2v) is 6.07. The summed E-state index contributed by atoms with van der Waals surface area (Å²) in [7, 11) is 3.22. The van der Waals surface area contributed by atoms with Crippen molar-refractivity contribution in [2.45, 2.75) is 13.5 Å². The number of phenolic OH excluding ortho intramolecular Hbond substituents is 1. The van der Waals surface area contributed by atoms with Crippen LogP contribution in [0.1, 0.15) is 22.8 Å². The van der Waals surface area contributed by atoms with Gasteiger partial charge in [0, 0.05) is 31.3 Å². The zero-order valence-electron chi connectivity index (χ0n) is 17.4. The fraction of sp³-hybridized carbons (Fsp3) is 0.333. The Morgan fingerprint density at radius 2 is 1.77 bits per heavy atom. The van der Waals surface area contributed by atoms with Gasteiger partial charge < -0.3 is 30.5 Å². The lowest BCUT2D eigenvalue weighted by atomic mass is 10.2. The predicted octanol–water partition coefficient (Wildman–Crippen LogP) is 2.51. The molecule has 0 saturated carbocycles. The fourth-order valence-electron chi connectivity index (χ4n) is 2.61. The summed E-state index contributed by atoms with van der Waals surface area (Å²) >= 11 is 0. The Balaban J connectivity index is 0.00000450. The van der Waals surface area contributed by atoms with Gasteiger partial charge in [-0.15, -0.1) is 24.0 Å². The van der Waals surface area contributed by atoms with E-state index in [0.717, 1.165) is 11.3 Å². The van der Waals surface area contributed by atoms with Crippen LogP contribution in [0.3, 0.4) is 0 Å². The van der Waals surface area contributed by atoms with Gasteiger partial charge in [-0.1, -0.05) is 12.1 Å². The number of carbonyl (C=O) groups excluding carboxylic acids is 1. The second kappa shape index (κ2) is 13.5. The van der Waals surface area contributed by atoms with Crippen LogP contribution in [0.25, 0.3) is 0 Å². The minimum absolute atomic E-state index is 0. The first kappa shape index (κ1) is 25.3. The molecule has 164 valence electrons. The molecular formula is C21H29IN4O4. The molecular weight excluding hydrogens is 499 g/mol. The maximum Gasteiger partial charge on any atom is 0.255 e. The highest BCUT2D eigenvalue weighted by atomic mass is 127. The number of nitrogens with zero attached hydrogens (tertiary/aromatic N) is 1. The normalized spacial score (nSPS) is 10.6. The molecule has 0 aliphatic rings. The molecule has 0 saturated heterocycles. The Labute approximate surface area is 194 Å². The SMILES string of the molecule is CCNC(=NCc1ccc(OC)cc1OC)NCCNC(=O)c1ccccc1O.I. The molecule has 30 heavy (non-hydrogen) atoms. The summed E-state index contributed by atoms with van der Waals surface area (Å²) in [5.74, 6) is 1.69. The molecule has 0 heterocycles. The molecule has 8 nitrogen and oxygen atoms in total. The van der Waals surface area contributed by atoms with E-state index in [4.69, 9.17) is 9.47 Å². The van der Waals surface area contributed by atoms with Gasteiger partial charge in [0.2, 0.25) is 0 Å². The van der Waals surface area contributed by atoms with E-state index >= 15 is 0 Å². The largest absolute Gasteiger partial charge is 0.507 e. The van der Waals surface area contributed by atoms with Crippen LogP contribution in [-0.4, -0.2) is 50.8 Å². The molecule has 2 rings (SSSR count). The first-order chi connectivity index (χ1) is 14.1. The average Bonchev–Trinajstić information content (AvgIpc) is 2.74. The summed E-state index contributed by atoms with van der Waals surface area (Å²) in [5, 5.41) is 18.8. The van der Waals surface area contributed by atoms with Crippen LogP contribution in [0.2, 0.25) is 0 Å². The molecule has 0 fully saturated rings. The number of hydrogen-bond donors (Lipinski definition) is 4. The van der Waals surface area contributed by atoms with Crippen molar-refractivity contribution < 1.29 is 19.4 Å². The monoisotopic (exact) mass is 528 g/mol. The van der Waals surface area contributed by atoms with Crippen LogP contribution >= 0.6 is 24.0 Å². The lowest BCUT2D eigenvalue weighted by Gasteiger charge is -2.13. The van der Waals surface area contributed by atoms with E-state index < -0.39 is 0 Å². The van der Waals surface area contributed by atoms with Crippen molar-refractivity contribution in [1.82, 2.24) is 16.0 Å². The molecule has 0 aromatic heterocycles. The van der Waals surface area contributed by atoms with E-state index in [1.807, 2.05) is 25.1 Å². The first-order valence-electron chi connectivity index (χ1n) is 9.38. The number of benzene rings is 2. The van der Waals surface area contributed by atoms with E-state index in [1.165, 1.54) is 6.07 Å². The Morgan fingerprint density at radius 3 is 2.43 bits per heavy atom. The number of para-hydroxylation sites is 1. The molecule has 2 aromatic carbocycles. The smallest absolute Gasteiger partial charge is 0.255 e. The first-order valence-corrected chi connectivity index (χ1v) is 9.38. The number of guanidine groups is 1. The molecule has 0 bridgehead atoms. The molecule has 0 spiro atoms. The lowest BCUT2D eigenvalue weighted by molar-refractivity contribution is 0.0951. The summed E-state index contributed by atoms with van der Waals surface area (Å²) in [6.45, 7) is 3.96. The number of phenols is 1. The number of carbonyl (C=O) groups is 1. The molecule has 9 heteroatoms. The Hall–Kier alpha value is -2.69. The standard InChI is InChI=1S/C21H28N4O4.HI/c1-4-22-21(25-14-15-9-10-16(28-2)13-19(15)29-3)24-12-11-23-20(27)17-7-5-6-8-18(17)26;/h5-10,13,26H,4,11-12,14H2,1-3H3,(H,23,27)(H2,22,24,25);1H. The van der Waals surface area contributed by atoms with Gasteiger partial charge in [-0.05, 0) is 31.2 Å². The number of rotatable bonds is 9. The molecule has 0 aliphatic carbocycles. The minimum atomic E-state index is -0.324. The summed E-state index contributed by atoms with van der Waals surface area (Å²) in [6, 6.07) is 12.0. The third kappa shape index (κ3) is 7.62. The van der Waals surface area contributed by atoms with E-state index in [1.54, 1.807) is 32.4 Å². The van der Waals surface area contributed by atoms with Gasteiger partial charge in [0.05, 0.1) is 26.3 Å². The van der Waals surface area contributed by atoms with Crippen molar-refractivity contribution in [3.63, 3.8) is 0 Å². The van der Waals surface area contributed by atoms with Gasteiger partial charge in [0.15, 0.2) is 5.96 Å². The van der Waals surface area contributed by atoms with Crippen molar-refractivity contribution in [1.29, 1.82) is 0 Å². The number of ether oxygens (including phenoxy) is 2. The Morgan fingerprint density at radius 1 is 1.03 bits per heavy atom. The van der Waals surface area contributed by atoms with Gasteiger partial charge in [0.25, 0.3) is 5.91 Å². The van der Waals surface area contributed by atoms with Crippen LogP contribution in [0.5, 0.6) is 17.2 Å². The summed E-state index contributed by atoms with van der Waals surface area (Å²) in [6.07, 6.45) is 0. The highest BCUT2D eigenvalue weighted by molar-refractivity contribution is 14.0. The lowest BCUT2D eigenvalue weighted by Crippen LogP contribution is -2.41. The summed E-state index contributed by atoms with van der Waals surface area (Å²) in [5.41, 5.74) is 1.18. The van der Waals surface area contributed by atoms with Gasteiger partial charge in [-0.3, -0.25) is 4.79 Å². The summed E-state index contributed by atoms with van der Waals surface area (Å²) in [4.78, 5) is 16.7. The summed E-state index contributed by atoms with van der Waals surface area (Å²) < 4.78 is 10.6. The van der Waals surface area contributed by atoms with Gasteiger partial charge >= 0.3 is 0 Å². The molecule has 0 atom stereocenters. The zero-order chi connectivity index (χ0) is 21.1. The third-order valence-electron chi connectivity index (χ3n) is 4.10. The van der Waals surface area contributed by atoms with Crippen molar-refractivity contribution in [3.05, 3.63) is 53.6 Å². The van der Waals surface area contributed by atoms with Gasteiger partial charge in [-0.2, -0.15) is 0 Å². The van der Waals surface area contributed by atoms with E-state index in [2.05, 4.69) is 20.9 Å². The minimum Gasteiger partial charge on any atom is -0.507 e. The van der Waals surface area contributed by atoms with Crippen molar-refractivity contribution in [2.24, 2.45) is 4.99 Å². The molecule has 1 amide bonds. The van der Waals surface area contributed by atoms with Crippen LogP contribution in [-0.2, 0) is 6.54 Å². The molecule has 0 radical (unpaired) electrons. The van der Waals surface area contributed by atoms with Crippen LogP contribution in [0.4, 0.5) is 0 Å². The van der Waals surface area contributed by atoms with Crippen LogP contribution < -0.4 is 25.4 Å². The number of aromatic hydroxyl groups is 1. The van der Waals surface area contributed by atoms with Gasteiger partial charge in [0.1, 0.15) is 17.2 Å². The third-order valence-corrected chi connectivity index (χ3v) is 4.10. The number of amides is 1. The molecule has 0 unspecified atom stereocenters. The van der Waals surface area contributed by atoms with Crippen LogP contribution in [0, 0.1) is 0 Å². The van der Waals surface area contributed by atoms with Gasteiger partial charge in [-0.25, -0.2) is 4.99 Å². The van der Waals surface area contributed by atoms with E-state index in [0.29, 0.717) is 37.9 Å².